The topological polar surface area (TPSA) is 127 Å². The van der Waals surface area contributed by atoms with Gasteiger partial charge in [0.25, 0.3) is 3.25 Å². The first-order chi connectivity index (χ1) is 20.0. The number of alkyl halides is 14. The fourth-order valence-corrected chi connectivity index (χ4v) is 3.20. The molecule has 10 nitrogen and oxygen atoms in total. The van der Waals surface area contributed by atoms with Crippen molar-refractivity contribution in [1.29, 1.82) is 0 Å². The Kier molecular flexibility index (Phi) is 12.3. The highest BCUT2D eigenvalue weighted by Gasteiger charge is 2.36. The summed E-state index contributed by atoms with van der Waals surface area (Å²) >= 11 is 21.8. The zero-order valence-electron chi connectivity index (χ0n) is 20.2. The molecule has 0 amide bonds. The predicted octanol–water partition coefficient (Wildman–Crippen LogP) is 7.41. The second-order valence-corrected chi connectivity index (χ2v) is 11.7. The van der Waals surface area contributed by atoms with E-state index in [1.807, 2.05) is 0 Å². The second-order valence-electron chi connectivity index (χ2n) is 7.48. The van der Waals surface area contributed by atoms with Gasteiger partial charge in [-0.25, -0.2) is 9.36 Å². The average molecular weight is 793 g/mol. The molecule has 0 radical (unpaired) electrons. The highest BCUT2D eigenvalue weighted by Crippen LogP contribution is 2.32. The fourth-order valence-electron chi connectivity index (χ4n) is 2.70. The molecule has 0 spiro atoms. The standard InChI is InChI=1S/C9H4BrF5N4O.C9H5F5N4O.CCl4/c10-4-6(20)5(17-18-7(4)9(13,14)15)3-1-16-19(2-3)8(11)12;10-8(11)18-3-4(2-15-18)7-5(19)1-6(16-17-7)9(12,13)14;2-1(3,4)5/h1-2,8H,(H,18,20);1-3,8H,(H,16,19);. The quantitative estimate of drug-likeness (QED) is 0.164. The van der Waals surface area contributed by atoms with Crippen molar-refractivity contribution in [3.05, 3.63) is 67.2 Å². The minimum atomic E-state index is -4.79. The summed E-state index contributed by atoms with van der Waals surface area (Å²) in [6, 6.07) is 0.308. The molecule has 25 heteroatoms. The number of aromatic nitrogens is 8. The molecule has 0 aromatic carbocycles. The van der Waals surface area contributed by atoms with Crippen LogP contribution in [0.1, 0.15) is 24.5 Å². The van der Waals surface area contributed by atoms with Crippen LogP contribution in [0.25, 0.3) is 22.5 Å². The maximum atomic E-state index is 12.5. The third-order valence-electron chi connectivity index (χ3n) is 4.45. The van der Waals surface area contributed by atoms with Crippen LogP contribution in [0.5, 0.6) is 0 Å². The minimum Gasteiger partial charge on any atom is -0.287 e. The summed E-state index contributed by atoms with van der Waals surface area (Å²) in [7, 11) is 0. The van der Waals surface area contributed by atoms with Crippen LogP contribution in [0, 0.1) is 0 Å². The monoisotopic (exact) mass is 790 g/mol. The lowest BCUT2D eigenvalue weighted by molar-refractivity contribution is -0.143. The summed E-state index contributed by atoms with van der Waals surface area (Å²) in [6.45, 7) is -5.84. The summed E-state index contributed by atoms with van der Waals surface area (Å²) < 4.78 is 122. The molecule has 0 fully saturated rings. The van der Waals surface area contributed by atoms with Crippen molar-refractivity contribution in [3.8, 4) is 22.5 Å². The number of hydrogen-bond donors (Lipinski definition) is 2. The van der Waals surface area contributed by atoms with Gasteiger partial charge < -0.3 is 0 Å². The van der Waals surface area contributed by atoms with E-state index in [4.69, 9.17) is 46.4 Å². The van der Waals surface area contributed by atoms with Crippen molar-refractivity contribution in [3.63, 3.8) is 0 Å². The van der Waals surface area contributed by atoms with Gasteiger partial charge in [0.15, 0.2) is 5.69 Å². The fraction of sp³-hybridized carbons (Fsp3) is 0.263. The van der Waals surface area contributed by atoms with Crippen molar-refractivity contribution >= 4 is 62.3 Å². The van der Waals surface area contributed by atoms with Gasteiger partial charge in [-0.15, -0.1) is 0 Å². The highest BCUT2D eigenvalue weighted by molar-refractivity contribution is 9.10. The zero-order chi connectivity index (χ0) is 33.8. The van der Waals surface area contributed by atoms with Crippen molar-refractivity contribution in [2.24, 2.45) is 0 Å². The van der Waals surface area contributed by atoms with Crippen LogP contribution in [-0.2, 0) is 12.4 Å². The molecule has 242 valence electrons. The number of nitrogens with one attached hydrogen (secondary N) is 2. The van der Waals surface area contributed by atoms with Crippen LogP contribution < -0.4 is 10.9 Å². The molecule has 0 unspecified atom stereocenters. The van der Waals surface area contributed by atoms with E-state index < -0.39 is 66.8 Å². The van der Waals surface area contributed by atoms with E-state index in [1.165, 1.54) is 0 Å². The largest absolute Gasteiger partial charge is 0.434 e. The normalized spacial score (nSPS) is 12.1. The van der Waals surface area contributed by atoms with Crippen LogP contribution in [0.3, 0.4) is 0 Å². The van der Waals surface area contributed by atoms with E-state index in [9.17, 15) is 53.5 Å². The molecule has 0 atom stereocenters. The number of aromatic amines is 2. The number of hydrogen-bond acceptors (Lipinski definition) is 6. The van der Waals surface area contributed by atoms with E-state index in [0.29, 0.717) is 6.07 Å². The second kappa shape index (κ2) is 14.5. The summed E-state index contributed by atoms with van der Waals surface area (Å²) in [5.74, 6) is 0. The Balaban J connectivity index is 0.000000267. The van der Waals surface area contributed by atoms with E-state index in [-0.39, 0.29) is 20.5 Å². The number of nitrogens with zero attached hydrogens (tertiary/aromatic N) is 6. The van der Waals surface area contributed by atoms with Gasteiger partial charge in [-0.05, 0) is 15.9 Å². The number of H-pyrrole nitrogens is 2. The summed E-state index contributed by atoms with van der Waals surface area (Å²) in [6.07, 6.45) is -6.09. The third-order valence-corrected chi connectivity index (χ3v) is 5.21. The van der Waals surface area contributed by atoms with Crippen molar-refractivity contribution in [2.45, 2.75) is 28.7 Å². The molecule has 0 saturated heterocycles. The highest BCUT2D eigenvalue weighted by atomic mass is 79.9. The molecule has 0 aliphatic carbocycles. The minimum absolute atomic E-state index is 0.102. The van der Waals surface area contributed by atoms with Gasteiger partial charge >= 0.3 is 25.5 Å². The molecule has 0 saturated carbocycles. The van der Waals surface area contributed by atoms with E-state index in [0.717, 1.165) is 24.8 Å². The van der Waals surface area contributed by atoms with Gasteiger partial charge in [-0.1, -0.05) is 46.4 Å². The first-order valence-corrected chi connectivity index (χ1v) is 12.7. The van der Waals surface area contributed by atoms with Gasteiger partial charge in [-0.2, -0.15) is 64.3 Å². The molecule has 2 N–H and O–H groups in total. The van der Waals surface area contributed by atoms with Crippen LogP contribution in [-0.4, -0.2) is 43.2 Å². The van der Waals surface area contributed by atoms with Crippen LogP contribution in [0.4, 0.5) is 43.9 Å². The Hall–Kier alpha value is -2.88. The van der Waals surface area contributed by atoms with Crippen LogP contribution >= 0.6 is 62.3 Å². The van der Waals surface area contributed by atoms with E-state index >= 15 is 0 Å². The lowest BCUT2D eigenvalue weighted by Gasteiger charge is -2.08. The van der Waals surface area contributed by atoms with Gasteiger partial charge in [0.2, 0.25) is 10.9 Å². The Labute approximate surface area is 264 Å². The first-order valence-electron chi connectivity index (χ1n) is 10.4. The van der Waals surface area contributed by atoms with Gasteiger partial charge in [0, 0.05) is 29.6 Å². The smallest absolute Gasteiger partial charge is 0.287 e. The molecule has 4 aromatic heterocycles. The first kappa shape index (κ1) is 37.3. The van der Waals surface area contributed by atoms with Crippen molar-refractivity contribution in [2.75, 3.05) is 0 Å². The van der Waals surface area contributed by atoms with Crippen molar-refractivity contribution in [1.82, 2.24) is 40.0 Å². The Bertz CT molecular complexity index is 1680. The molecular formula is C19H9BrCl4F10N8O2. The molecule has 4 rings (SSSR count). The van der Waals surface area contributed by atoms with Gasteiger partial charge in [0.1, 0.15) is 17.1 Å². The zero-order valence-corrected chi connectivity index (χ0v) is 24.8. The summed E-state index contributed by atoms with van der Waals surface area (Å²) in [5, 5.41) is 16.4. The van der Waals surface area contributed by atoms with Crippen molar-refractivity contribution < 1.29 is 43.9 Å². The van der Waals surface area contributed by atoms with E-state index in [2.05, 4.69) is 36.3 Å². The molecule has 0 bridgehead atoms. The molecule has 0 aliphatic rings. The van der Waals surface area contributed by atoms with Crippen LogP contribution in [0.2, 0.25) is 0 Å². The Morgan fingerprint density at radius 1 is 0.750 bits per heavy atom. The molecule has 44 heavy (non-hydrogen) atoms. The maximum Gasteiger partial charge on any atom is 0.434 e. The number of halogens is 15. The summed E-state index contributed by atoms with van der Waals surface area (Å²) in [5.41, 5.74) is -5.88. The number of rotatable bonds is 4. The third kappa shape index (κ3) is 10.6. The Morgan fingerprint density at radius 2 is 1.18 bits per heavy atom. The lowest BCUT2D eigenvalue weighted by atomic mass is 10.2. The van der Waals surface area contributed by atoms with E-state index in [1.54, 1.807) is 10.2 Å². The molecule has 4 heterocycles. The molecule has 4 aromatic rings. The SMILES string of the molecule is ClC(Cl)(Cl)Cl.O=c1c(-c2cnn(C(F)F)c2)n[nH]c(C(F)(F)F)c1Br.O=c1cc(C(F)(F)F)[nH]nc1-c1cnn(C(F)F)c1. The summed E-state index contributed by atoms with van der Waals surface area (Å²) in [4.78, 5) is 23.2. The maximum absolute atomic E-state index is 12.5. The molecule has 0 aliphatic heterocycles. The van der Waals surface area contributed by atoms with Gasteiger partial charge in [-0.3, -0.25) is 19.8 Å². The van der Waals surface area contributed by atoms with Gasteiger partial charge in [0.05, 0.1) is 16.9 Å². The van der Waals surface area contributed by atoms with Crippen LogP contribution in [0.15, 0.2) is 44.9 Å². The lowest BCUT2D eigenvalue weighted by Crippen LogP contribution is -2.19. The average Bonchev–Trinajstić information content (AvgIpc) is 3.54. The molecular weight excluding hydrogens is 784 g/mol. The Morgan fingerprint density at radius 3 is 1.55 bits per heavy atom. The predicted molar refractivity (Wildman–Crippen MR) is 139 cm³/mol.